The molecule has 0 radical (unpaired) electrons. The summed E-state index contributed by atoms with van der Waals surface area (Å²) >= 11 is 0. The van der Waals surface area contributed by atoms with Crippen molar-refractivity contribution in [3.05, 3.63) is 0 Å². The second-order valence-electron chi connectivity index (χ2n) is 7.46. The Bertz CT molecular complexity index is 366. The molecule has 0 rings (SSSR count). The van der Waals surface area contributed by atoms with Crippen LogP contribution in [0.3, 0.4) is 0 Å². The van der Waals surface area contributed by atoms with Crippen molar-refractivity contribution < 1.29 is 29.7 Å². The number of amides is 1. The van der Waals surface area contributed by atoms with E-state index in [2.05, 4.69) is 26.3 Å². The highest BCUT2D eigenvalue weighted by Crippen LogP contribution is 2.09. The zero-order valence-corrected chi connectivity index (χ0v) is 18.7. The number of unbranched alkanes of at least 4 members (excludes halogenated alkanes) is 4. The van der Waals surface area contributed by atoms with Gasteiger partial charge in [0.05, 0.1) is 19.8 Å². The Morgan fingerprint density at radius 3 is 1.90 bits per heavy atom. The van der Waals surface area contributed by atoms with Crippen LogP contribution in [0.1, 0.15) is 78.6 Å². The van der Waals surface area contributed by atoms with E-state index in [4.69, 9.17) is 20.2 Å². The van der Waals surface area contributed by atoms with Gasteiger partial charge >= 0.3 is 5.97 Å². The van der Waals surface area contributed by atoms with Gasteiger partial charge in [-0.2, -0.15) is 5.48 Å². The lowest BCUT2D eigenvalue weighted by Gasteiger charge is -2.17. The molecule has 0 heterocycles. The predicted molar refractivity (Wildman–Crippen MR) is 114 cm³/mol. The zero-order valence-electron chi connectivity index (χ0n) is 18.7. The molecule has 8 nitrogen and oxygen atoms in total. The van der Waals surface area contributed by atoms with Gasteiger partial charge in [-0.05, 0) is 18.8 Å². The minimum atomic E-state index is -0.346. The van der Waals surface area contributed by atoms with Gasteiger partial charge in [0.15, 0.2) is 0 Å². The quantitative estimate of drug-likeness (QED) is 0.223. The highest BCUT2D eigenvalue weighted by molar-refractivity contribution is 5.77. The number of carbonyl (C=O) groups is 2. The number of hydrogen-bond donors (Lipinski definition) is 4. The average Bonchev–Trinajstić information content (AvgIpc) is 2.67. The fourth-order valence-corrected chi connectivity index (χ4v) is 2.51. The number of rotatable bonds is 16. The monoisotopic (exact) mass is 420 g/mol. The second-order valence-corrected chi connectivity index (χ2v) is 7.46. The van der Waals surface area contributed by atoms with E-state index in [9.17, 15) is 9.59 Å². The van der Waals surface area contributed by atoms with E-state index >= 15 is 0 Å². The van der Waals surface area contributed by atoms with Crippen molar-refractivity contribution in [2.24, 2.45) is 5.92 Å². The molecule has 0 atom stereocenters. The first-order chi connectivity index (χ1) is 13.9. The lowest BCUT2D eigenvalue weighted by atomic mass is 10.0. The van der Waals surface area contributed by atoms with Gasteiger partial charge in [-0.25, -0.2) is 4.79 Å². The number of aliphatic hydroxyl groups is 3. The largest absolute Gasteiger partial charge is 0.395 e. The van der Waals surface area contributed by atoms with Crippen LogP contribution >= 0.6 is 0 Å². The van der Waals surface area contributed by atoms with Crippen LogP contribution in [0, 0.1) is 5.92 Å². The average molecular weight is 421 g/mol. The molecular formula is C21H44N2O6. The van der Waals surface area contributed by atoms with Gasteiger partial charge in [0.2, 0.25) is 0 Å². The summed E-state index contributed by atoms with van der Waals surface area (Å²) in [5.41, 5.74) is 2.22. The van der Waals surface area contributed by atoms with E-state index in [1.165, 1.54) is 6.42 Å². The number of nitrogens with one attached hydrogen (secondary N) is 1. The Morgan fingerprint density at radius 1 is 0.862 bits per heavy atom. The summed E-state index contributed by atoms with van der Waals surface area (Å²) in [4.78, 5) is 29.1. The van der Waals surface area contributed by atoms with Crippen molar-refractivity contribution in [1.82, 2.24) is 10.4 Å². The van der Waals surface area contributed by atoms with E-state index < -0.39 is 0 Å². The molecule has 0 aromatic rings. The molecule has 0 bridgehead atoms. The first-order valence-electron chi connectivity index (χ1n) is 10.9. The summed E-state index contributed by atoms with van der Waals surface area (Å²) in [6.07, 6.45) is 7.97. The molecule has 0 saturated carbocycles. The summed E-state index contributed by atoms with van der Waals surface area (Å²) in [6.45, 7) is 8.23. The van der Waals surface area contributed by atoms with Crippen molar-refractivity contribution in [3.8, 4) is 0 Å². The first kappa shape index (κ1) is 30.0. The van der Waals surface area contributed by atoms with Crippen LogP contribution in [0.4, 0.5) is 0 Å². The highest BCUT2D eigenvalue weighted by Gasteiger charge is 2.06. The van der Waals surface area contributed by atoms with Gasteiger partial charge in [-0.15, -0.1) is 0 Å². The van der Waals surface area contributed by atoms with Crippen LogP contribution in [-0.2, 0) is 14.4 Å². The van der Waals surface area contributed by atoms with Gasteiger partial charge in [0, 0.05) is 32.5 Å². The van der Waals surface area contributed by atoms with Crippen LogP contribution in [0.15, 0.2) is 0 Å². The topological polar surface area (TPSA) is 119 Å². The summed E-state index contributed by atoms with van der Waals surface area (Å²) in [5, 5.41) is 25.5. The molecule has 0 fully saturated rings. The molecular weight excluding hydrogens is 376 g/mol. The number of carbonyl (C=O) groups excluding carboxylic acids is 2. The fourth-order valence-electron chi connectivity index (χ4n) is 2.51. The third-order valence-electron chi connectivity index (χ3n) is 4.20. The molecule has 0 aromatic carbocycles. The van der Waals surface area contributed by atoms with E-state index in [0.717, 1.165) is 44.4 Å². The van der Waals surface area contributed by atoms with Crippen molar-refractivity contribution in [2.75, 3.05) is 39.5 Å². The van der Waals surface area contributed by atoms with E-state index in [0.29, 0.717) is 32.5 Å². The molecule has 0 aromatic heterocycles. The predicted octanol–water partition coefficient (Wildman–Crippen LogP) is 2.01. The fraction of sp³-hybridized carbons (Fsp3) is 0.905. The molecule has 174 valence electrons. The molecule has 0 unspecified atom stereocenters. The van der Waals surface area contributed by atoms with Crippen LogP contribution in [0.2, 0.25) is 0 Å². The number of hydroxylamine groups is 1. The summed E-state index contributed by atoms with van der Waals surface area (Å²) in [6, 6.07) is 0. The molecule has 0 aliphatic rings. The van der Waals surface area contributed by atoms with Crippen LogP contribution in [0.5, 0.6) is 0 Å². The van der Waals surface area contributed by atoms with Crippen molar-refractivity contribution in [3.63, 3.8) is 0 Å². The maximum Gasteiger partial charge on any atom is 0.332 e. The summed E-state index contributed by atoms with van der Waals surface area (Å²) < 4.78 is 0. The maximum atomic E-state index is 11.4. The molecule has 29 heavy (non-hydrogen) atoms. The molecule has 8 heteroatoms. The van der Waals surface area contributed by atoms with Crippen molar-refractivity contribution >= 4 is 11.9 Å². The summed E-state index contributed by atoms with van der Waals surface area (Å²) in [5.74, 6) is 0.174. The Kier molecular flexibility index (Phi) is 23.8. The lowest BCUT2D eigenvalue weighted by Crippen LogP contribution is -2.32. The standard InChI is InChI=1S/C15H29NO3.C6H15NO3/c1-4-5-7-12-15(18)19-16-14(17)11-9-6-8-10-13(2)3;8-4-1-7(2-5-9)3-6-10/h13H,4-12H2,1-3H3,(H,16,17);8-10H,1-6H2. The zero-order chi connectivity index (χ0) is 22.3. The normalized spacial score (nSPS) is 10.6. The number of hydrogen-bond acceptors (Lipinski definition) is 7. The van der Waals surface area contributed by atoms with Gasteiger partial charge in [-0.1, -0.05) is 52.9 Å². The maximum absolute atomic E-state index is 11.4. The lowest BCUT2D eigenvalue weighted by molar-refractivity contribution is -0.158. The molecule has 0 spiro atoms. The van der Waals surface area contributed by atoms with Gasteiger partial charge in [-0.3, -0.25) is 9.69 Å². The number of nitrogens with zero attached hydrogens (tertiary/aromatic N) is 1. The molecule has 0 saturated heterocycles. The minimum absolute atomic E-state index is 0.0694. The van der Waals surface area contributed by atoms with Crippen LogP contribution < -0.4 is 5.48 Å². The van der Waals surface area contributed by atoms with Gasteiger partial charge < -0.3 is 20.2 Å². The van der Waals surface area contributed by atoms with Crippen LogP contribution in [-0.4, -0.2) is 71.6 Å². The van der Waals surface area contributed by atoms with E-state index in [-0.39, 0.29) is 31.7 Å². The first-order valence-corrected chi connectivity index (χ1v) is 10.9. The van der Waals surface area contributed by atoms with Crippen LogP contribution in [0.25, 0.3) is 0 Å². The third kappa shape index (κ3) is 24.7. The Balaban J connectivity index is 0. The Labute approximate surface area is 176 Å². The van der Waals surface area contributed by atoms with E-state index in [1.54, 1.807) is 4.90 Å². The van der Waals surface area contributed by atoms with Crippen molar-refractivity contribution in [1.29, 1.82) is 0 Å². The second kappa shape index (κ2) is 23.1. The molecule has 1 amide bonds. The Morgan fingerprint density at radius 2 is 1.41 bits per heavy atom. The van der Waals surface area contributed by atoms with Crippen molar-refractivity contribution in [2.45, 2.75) is 78.6 Å². The Hall–Kier alpha value is -1.22. The van der Waals surface area contributed by atoms with Gasteiger partial charge in [0.25, 0.3) is 5.91 Å². The number of aliphatic hydroxyl groups excluding tert-OH is 3. The van der Waals surface area contributed by atoms with E-state index in [1.807, 2.05) is 0 Å². The highest BCUT2D eigenvalue weighted by atomic mass is 16.7. The molecule has 0 aliphatic heterocycles. The SMILES string of the molecule is CCCCCC(=O)ONC(=O)CCCCCC(C)C.OCCN(CCO)CCO. The minimum Gasteiger partial charge on any atom is -0.395 e. The molecule has 0 aliphatic carbocycles. The van der Waals surface area contributed by atoms with Gasteiger partial charge in [0.1, 0.15) is 0 Å². The summed E-state index contributed by atoms with van der Waals surface area (Å²) in [7, 11) is 0. The third-order valence-corrected chi connectivity index (χ3v) is 4.20. The molecule has 4 N–H and O–H groups in total. The smallest absolute Gasteiger partial charge is 0.332 e.